The average Bonchev–Trinajstić information content (AvgIpc) is 1.90. The van der Waals surface area contributed by atoms with Gasteiger partial charge in [-0.3, -0.25) is 0 Å². The van der Waals surface area contributed by atoms with Gasteiger partial charge in [0.05, 0.1) is 0 Å². The molecule has 0 fully saturated rings. The number of allylic oxidation sites excluding steroid dienone is 3. The molecule has 0 amide bonds. The van der Waals surface area contributed by atoms with Gasteiger partial charge < -0.3 is 5.32 Å². The van der Waals surface area contributed by atoms with Crippen molar-refractivity contribution in [3.05, 3.63) is 23.9 Å². The predicted octanol–water partition coefficient (Wildman–Crippen LogP) is 1.44. The van der Waals surface area contributed by atoms with Crippen molar-refractivity contribution in [1.82, 2.24) is 5.32 Å². The van der Waals surface area contributed by atoms with Crippen molar-refractivity contribution >= 4 is 0 Å². The fraction of sp³-hybridized carbons (Fsp3) is 0.429. The molecule has 1 aliphatic carbocycles. The summed E-state index contributed by atoms with van der Waals surface area (Å²) in [5.74, 6) is 0. The van der Waals surface area contributed by atoms with E-state index >= 15 is 0 Å². The van der Waals surface area contributed by atoms with E-state index in [4.69, 9.17) is 0 Å². The quantitative estimate of drug-likeness (QED) is 0.502. The summed E-state index contributed by atoms with van der Waals surface area (Å²) in [6, 6.07) is 0. The van der Waals surface area contributed by atoms with Crippen molar-refractivity contribution in [3.63, 3.8) is 0 Å². The summed E-state index contributed by atoms with van der Waals surface area (Å²) in [5, 5.41) is 3.11. The van der Waals surface area contributed by atoms with E-state index in [0.717, 1.165) is 12.8 Å². The molecule has 0 bridgehead atoms. The summed E-state index contributed by atoms with van der Waals surface area (Å²) in [4.78, 5) is 0. The maximum absolute atomic E-state index is 3.11. The molecule has 8 heavy (non-hydrogen) atoms. The maximum Gasteiger partial charge on any atom is 0.0105 e. The molecule has 1 heteroatoms. The fourth-order valence-electron chi connectivity index (χ4n) is 0.804. The van der Waals surface area contributed by atoms with Crippen molar-refractivity contribution in [3.8, 4) is 0 Å². The predicted molar refractivity (Wildman–Crippen MR) is 35.5 cm³/mol. The first kappa shape index (κ1) is 5.42. The van der Waals surface area contributed by atoms with E-state index in [1.54, 1.807) is 0 Å². The molecule has 0 aromatic heterocycles. The second-order valence-electron chi connectivity index (χ2n) is 1.89. The number of nitrogens with one attached hydrogen (secondary N) is 1. The Bertz CT molecular complexity index is 122. The molecule has 1 aliphatic rings. The molecule has 0 radical (unpaired) electrons. The van der Waals surface area contributed by atoms with Crippen LogP contribution < -0.4 is 5.32 Å². The Hall–Kier alpha value is -0.720. The molecule has 0 atom stereocenters. The SMILES string of the molecule is CNC1=CCC=CC1. The van der Waals surface area contributed by atoms with E-state index in [1.165, 1.54) is 5.70 Å². The lowest BCUT2D eigenvalue weighted by Crippen LogP contribution is -2.05. The van der Waals surface area contributed by atoms with E-state index in [2.05, 4.69) is 23.5 Å². The molecule has 1 nitrogen and oxygen atoms in total. The Kier molecular flexibility index (Phi) is 1.73. The Morgan fingerprint density at radius 3 is 2.75 bits per heavy atom. The zero-order chi connectivity index (χ0) is 5.82. The summed E-state index contributed by atoms with van der Waals surface area (Å²) in [5.41, 5.74) is 1.34. The van der Waals surface area contributed by atoms with Gasteiger partial charge in [0.15, 0.2) is 0 Å². The zero-order valence-corrected chi connectivity index (χ0v) is 5.15. The molecule has 1 rings (SSSR count). The van der Waals surface area contributed by atoms with E-state index in [-0.39, 0.29) is 0 Å². The highest BCUT2D eigenvalue weighted by Crippen LogP contribution is 2.05. The highest BCUT2D eigenvalue weighted by molar-refractivity contribution is 5.12. The van der Waals surface area contributed by atoms with Gasteiger partial charge in [0.25, 0.3) is 0 Å². The molecule has 0 heterocycles. The van der Waals surface area contributed by atoms with E-state index < -0.39 is 0 Å². The van der Waals surface area contributed by atoms with E-state index in [1.807, 2.05) is 7.05 Å². The molecular weight excluding hydrogens is 98.1 g/mol. The topological polar surface area (TPSA) is 12.0 Å². The third-order valence-electron chi connectivity index (χ3n) is 1.33. The molecule has 0 spiro atoms. The van der Waals surface area contributed by atoms with Crippen LogP contribution in [-0.2, 0) is 0 Å². The summed E-state index contributed by atoms with van der Waals surface area (Å²) < 4.78 is 0. The van der Waals surface area contributed by atoms with Gasteiger partial charge in [-0.05, 0) is 6.42 Å². The Labute approximate surface area is 50.1 Å². The van der Waals surface area contributed by atoms with Gasteiger partial charge in [-0.25, -0.2) is 0 Å². The highest BCUT2D eigenvalue weighted by atomic mass is 14.8. The van der Waals surface area contributed by atoms with Crippen LogP contribution in [0.1, 0.15) is 12.8 Å². The van der Waals surface area contributed by atoms with Gasteiger partial charge in [0.1, 0.15) is 0 Å². The number of hydrogen-bond acceptors (Lipinski definition) is 1. The van der Waals surface area contributed by atoms with Gasteiger partial charge in [0.2, 0.25) is 0 Å². The van der Waals surface area contributed by atoms with Crippen LogP contribution in [-0.4, -0.2) is 7.05 Å². The maximum atomic E-state index is 3.11. The summed E-state index contributed by atoms with van der Waals surface area (Å²) in [7, 11) is 1.96. The Morgan fingerprint density at radius 1 is 1.50 bits per heavy atom. The zero-order valence-electron chi connectivity index (χ0n) is 5.15. The second kappa shape index (κ2) is 2.55. The van der Waals surface area contributed by atoms with Crippen LogP contribution in [0.4, 0.5) is 0 Å². The van der Waals surface area contributed by atoms with Crippen molar-refractivity contribution in [2.45, 2.75) is 12.8 Å². The molecule has 0 aliphatic heterocycles. The van der Waals surface area contributed by atoms with Crippen LogP contribution in [0.2, 0.25) is 0 Å². The minimum atomic E-state index is 1.08. The number of rotatable bonds is 1. The highest BCUT2D eigenvalue weighted by Gasteiger charge is 1.91. The molecular formula is C7H11N. The van der Waals surface area contributed by atoms with Crippen molar-refractivity contribution < 1.29 is 0 Å². The standard InChI is InChI=1S/C7H11N/c1-8-7-5-3-2-4-6-7/h2-3,6,8H,4-5H2,1H3. The summed E-state index contributed by atoms with van der Waals surface area (Å²) in [6.07, 6.45) is 8.75. The largest absolute Gasteiger partial charge is 0.391 e. The first-order valence-corrected chi connectivity index (χ1v) is 2.95. The minimum absolute atomic E-state index is 1.08. The molecule has 0 unspecified atom stereocenters. The minimum Gasteiger partial charge on any atom is -0.391 e. The van der Waals surface area contributed by atoms with Gasteiger partial charge in [-0.1, -0.05) is 18.2 Å². The van der Waals surface area contributed by atoms with Gasteiger partial charge >= 0.3 is 0 Å². The van der Waals surface area contributed by atoms with Crippen LogP contribution in [0, 0.1) is 0 Å². The van der Waals surface area contributed by atoms with Crippen molar-refractivity contribution in [2.75, 3.05) is 7.05 Å². The molecule has 44 valence electrons. The molecule has 0 aromatic rings. The summed E-state index contributed by atoms with van der Waals surface area (Å²) in [6.45, 7) is 0. The van der Waals surface area contributed by atoms with Crippen LogP contribution in [0.3, 0.4) is 0 Å². The second-order valence-corrected chi connectivity index (χ2v) is 1.89. The fourth-order valence-corrected chi connectivity index (χ4v) is 0.804. The summed E-state index contributed by atoms with van der Waals surface area (Å²) >= 11 is 0. The first-order chi connectivity index (χ1) is 3.93. The van der Waals surface area contributed by atoms with Gasteiger partial charge in [-0.15, -0.1) is 0 Å². The van der Waals surface area contributed by atoms with Gasteiger partial charge in [-0.2, -0.15) is 0 Å². The van der Waals surface area contributed by atoms with Crippen LogP contribution in [0.5, 0.6) is 0 Å². The van der Waals surface area contributed by atoms with Crippen LogP contribution in [0.25, 0.3) is 0 Å². The molecule has 0 aromatic carbocycles. The van der Waals surface area contributed by atoms with E-state index in [9.17, 15) is 0 Å². The Balaban J connectivity index is 2.43. The van der Waals surface area contributed by atoms with Crippen LogP contribution in [0.15, 0.2) is 23.9 Å². The van der Waals surface area contributed by atoms with E-state index in [0.29, 0.717) is 0 Å². The third-order valence-corrected chi connectivity index (χ3v) is 1.33. The molecule has 1 N–H and O–H groups in total. The third kappa shape index (κ3) is 1.12. The molecule has 0 saturated heterocycles. The van der Waals surface area contributed by atoms with Crippen LogP contribution >= 0.6 is 0 Å². The Morgan fingerprint density at radius 2 is 2.38 bits per heavy atom. The number of hydrogen-bond donors (Lipinski definition) is 1. The smallest absolute Gasteiger partial charge is 0.0105 e. The lowest BCUT2D eigenvalue weighted by Gasteiger charge is -2.05. The van der Waals surface area contributed by atoms with Crippen molar-refractivity contribution in [1.29, 1.82) is 0 Å². The molecule has 0 saturated carbocycles. The monoisotopic (exact) mass is 109 g/mol. The van der Waals surface area contributed by atoms with Crippen molar-refractivity contribution in [2.24, 2.45) is 0 Å². The normalized spacial score (nSPS) is 17.9. The lowest BCUT2D eigenvalue weighted by molar-refractivity contribution is 0.911. The van der Waals surface area contributed by atoms with Gasteiger partial charge in [0, 0.05) is 19.2 Å². The first-order valence-electron chi connectivity index (χ1n) is 2.95. The average molecular weight is 109 g/mol. The lowest BCUT2D eigenvalue weighted by atomic mass is 10.1.